The minimum Gasteiger partial charge on any atom is -0.379 e. The van der Waals surface area contributed by atoms with Gasteiger partial charge in [-0.25, -0.2) is 0 Å². The molecule has 0 bridgehead atoms. The molecule has 0 amide bonds. The Kier molecular flexibility index (Phi) is 1.73. The second kappa shape index (κ2) is 2.67. The summed E-state index contributed by atoms with van der Waals surface area (Å²) in [6, 6.07) is 1.70. The molecule has 0 radical (unpaired) electrons. The van der Waals surface area contributed by atoms with Gasteiger partial charge in [-0.1, -0.05) is 5.16 Å². The first-order chi connectivity index (χ1) is 6.12. The number of Topliss-reactive ketones (excluding diaryl/α,β-unsaturated/α-hetero) is 1. The molecular weight excluding hydrogens is 170 g/mol. The molecule has 4 heteroatoms. The van der Waals surface area contributed by atoms with E-state index in [0.717, 1.165) is 5.69 Å². The van der Waals surface area contributed by atoms with E-state index in [0.29, 0.717) is 19.0 Å². The molecule has 1 aliphatic heterocycles. The molecule has 2 rings (SSSR count). The Balaban J connectivity index is 2.27. The topological polar surface area (TPSA) is 52.3 Å². The molecular formula is C9H11NO3. The molecule has 1 aromatic rings. The monoisotopic (exact) mass is 181 g/mol. The fourth-order valence-electron chi connectivity index (χ4n) is 1.28. The van der Waals surface area contributed by atoms with Crippen LogP contribution < -0.4 is 0 Å². The van der Waals surface area contributed by atoms with Crippen molar-refractivity contribution in [3.8, 4) is 0 Å². The zero-order valence-electron chi connectivity index (χ0n) is 7.66. The molecule has 70 valence electrons. The van der Waals surface area contributed by atoms with Crippen molar-refractivity contribution in [2.24, 2.45) is 0 Å². The van der Waals surface area contributed by atoms with Gasteiger partial charge >= 0.3 is 0 Å². The van der Waals surface area contributed by atoms with Crippen molar-refractivity contribution in [3.63, 3.8) is 0 Å². The highest BCUT2D eigenvalue weighted by atomic mass is 16.5. The van der Waals surface area contributed by atoms with Crippen LogP contribution in [0.2, 0.25) is 0 Å². The van der Waals surface area contributed by atoms with Crippen LogP contribution in [0.5, 0.6) is 0 Å². The number of hydrogen-bond donors (Lipinski definition) is 0. The van der Waals surface area contributed by atoms with Gasteiger partial charge in [0.25, 0.3) is 0 Å². The Labute approximate surface area is 75.9 Å². The van der Waals surface area contributed by atoms with E-state index >= 15 is 0 Å². The third-order valence-corrected chi connectivity index (χ3v) is 2.32. The Morgan fingerprint density at radius 2 is 2.31 bits per heavy atom. The van der Waals surface area contributed by atoms with Gasteiger partial charge in [0.1, 0.15) is 0 Å². The number of hydrogen-bond acceptors (Lipinski definition) is 4. The number of nitrogens with zero attached hydrogens (tertiary/aromatic N) is 1. The third kappa shape index (κ3) is 1.27. The Bertz CT molecular complexity index is 338. The van der Waals surface area contributed by atoms with Gasteiger partial charge in [-0.3, -0.25) is 4.79 Å². The molecule has 2 heterocycles. The standard InChI is InChI=1S/C9H11NO3/c1-6(11)7-3-8(10-13-7)9(2)4-12-5-9/h3H,4-5H2,1-2H3. The summed E-state index contributed by atoms with van der Waals surface area (Å²) in [4.78, 5) is 10.9. The first-order valence-electron chi connectivity index (χ1n) is 4.18. The molecule has 0 unspecified atom stereocenters. The van der Waals surface area contributed by atoms with Crippen molar-refractivity contribution in [2.75, 3.05) is 13.2 Å². The van der Waals surface area contributed by atoms with Gasteiger partial charge in [-0.2, -0.15) is 0 Å². The van der Waals surface area contributed by atoms with Crippen molar-refractivity contribution in [1.29, 1.82) is 0 Å². The van der Waals surface area contributed by atoms with E-state index < -0.39 is 0 Å². The molecule has 0 saturated carbocycles. The van der Waals surface area contributed by atoms with E-state index in [1.165, 1.54) is 6.92 Å². The normalized spacial score (nSPS) is 19.5. The predicted molar refractivity (Wildman–Crippen MR) is 44.7 cm³/mol. The number of rotatable bonds is 2. The maximum Gasteiger partial charge on any atom is 0.202 e. The van der Waals surface area contributed by atoms with Gasteiger partial charge in [-0.15, -0.1) is 0 Å². The van der Waals surface area contributed by atoms with Crippen molar-refractivity contribution in [1.82, 2.24) is 5.16 Å². The summed E-state index contributed by atoms with van der Waals surface area (Å²) < 4.78 is 9.99. The van der Waals surface area contributed by atoms with Crippen molar-refractivity contribution in [2.45, 2.75) is 19.3 Å². The maximum absolute atomic E-state index is 10.9. The Morgan fingerprint density at radius 3 is 2.69 bits per heavy atom. The van der Waals surface area contributed by atoms with Gasteiger partial charge in [0, 0.05) is 13.0 Å². The van der Waals surface area contributed by atoms with Gasteiger partial charge in [0.2, 0.25) is 5.76 Å². The zero-order chi connectivity index (χ0) is 9.47. The molecule has 0 aromatic carbocycles. The van der Waals surface area contributed by atoms with Crippen LogP contribution >= 0.6 is 0 Å². The van der Waals surface area contributed by atoms with Gasteiger partial charge in [0.15, 0.2) is 5.78 Å². The van der Waals surface area contributed by atoms with Crippen LogP contribution in [0.25, 0.3) is 0 Å². The summed E-state index contributed by atoms with van der Waals surface area (Å²) in [5, 5.41) is 3.86. The van der Waals surface area contributed by atoms with Crippen LogP contribution in [0.15, 0.2) is 10.6 Å². The minimum absolute atomic E-state index is 0.0583. The number of carbonyl (C=O) groups is 1. The van der Waals surface area contributed by atoms with E-state index in [4.69, 9.17) is 9.26 Å². The molecule has 1 aromatic heterocycles. The highest BCUT2D eigenvalue weighted by molar-refractivity contribution is 5.91. The lowest BCUT2D eigenvalue weighted by Gasteiger charge is -2.35. The average molecular weight is 181 g/mol. The van der Waals surface area contributed by atoms with E-state index in [9.17, 15) is 4.79 Å². The molecule has 1 fully saturated rings. The molecule has 0 N–H and O–H groups in total. The lowest BCUT2D eigenvalue weighted by Crippen LogP contribution is -2.44. The van der Waals surface area contributed by atoms with Crippen LogP contribution in [0.4, 0.5) is 0 Å². The van der Waals surface area contributed by atoms with E-state index in [1.807, 2.05) is 6.92 Å². The summed E-state index contributed by atoms with van der Waals surface area (Å²) in [6.45, 7) is 4.80. The molecule has 1 aliphatic rings. The van der Waals surface area contributed by atoms with E-state index in [2.05, 4.69) is 5.16 Å². The quantitative estimate of drug-likeness (QED) is 0.642. The molecule has 13 heavy (non-hydrogen) atoms. The van der Waals surface area contributed by atoms with E-state index in [-0.39, 0.29) is 11.2 Å². The van der Waals surface area contributed by atoms with E-state index in [1.54, 1.807) is 6.07 Å². The highest BCUT2D eigenvalue weighted by Gasteiger charge is 2.38. The number of aromatic nitrogens is 1. The van der Waals surface area contributed by atoms with Crippen LogP contribution in [0.1, 0.15) is 30.1 Å². The Morgan fingerprint density at radius 1 is 1.62 bits per heavy atom. The van der Waals surface area contributed by atoms with Gasteiger partial charge in [-0.05, 0) is 6.92 Å². The first-order valence-corrected chi connectivity index (χ1v) is 4.18. The summed E-state index contributed by atoms with van der Waals surface area (Å²) in [5.74, 6) is 0.228. The van der Waals surface area contributed by atoms with Crippen LogP contribution in [-0.2, 0) is 10.2 Å². The minimum atomic E-state index is -0.0948. The maximum atomic E-state index is 10.9. The highest BCUT2D eigenvalue weighted by Crippen LogP contribution is 2.30. The summed E-state index contributed by atoms with van der Waals surface area (Å²) in [7, 11) is 0. The third-order valence-electron chi connectivity index (χ3n) is 2.32. The molecule has 0 atom stereocenters. The molecule has 0 spiro atoms. The van der Waals surface area contributed by atoms with Crippen LogP contribution in [0, 0.1) is 0 Å². The predicted octanol–water partition coefficient (Wildman–Crippen LogP) is 1.17. The first kappa shape index (κ1) is 8.44. The van der Waals surface area contributed by atoms with Crippen molar-refractivity contribution in [3.05, 3.63) is 17.5 Å². The number of ketones is 1. The van der Waals surface area contributed by atoms with Crippen molar-refractivity contribution >= 4 is 5.78 Å². The second-order valence-electron chi connectivity index (χ2n) is 3.69. The molecule has 0 aliphatic carbocycles. The molecule has 1 saturated heterocycles. The fourth-order valence-corrected chi connectivity index (χ4v) is 1.28. The largest absolute Gasteiger partial charge is 0.379 e. The van der Waals surface area contributed by atoms with Crippen molar-refractivity contribution < 1.29 is 14.1 Å². The van der Waals surface area contributed by atoms with Gasteiger partial charge < -0.3 is 9.26 Å². The lowest BCUT2D eigenvalue weighted by atomic mass is 9.85. The van der Waals surface area contributed by atoms with Crippen LogP contribution in [0.3, 0.4) is 0 Å². The number of ether oxygens (including phenoxy) is 1. The zero-order valence-corrected chi connectivity index (χ0v) is 7.66. The summed E-state index contributed by atoms with van der Waals surface area (Å²) in [6.07, 6.45) is 0. The Hall–Kier alpha value is -1.16. The fraction of sp³-hybridized carbons (Fsp3) is 0.556. The average Bonchev–Trinajstić information content (AvgIpc) is 2.48. The molecule has 4 nitrogen and oxygen atoms in total. The smallest absolute Gasteiger partial charge is 0.202 e. The number of carbonyl (C=O) groups excluding carboxylic acids is 1. The van der Waals surface area contributed by atoms with Crippen LogP contribution in [-0.4, -0.2) is 24.2 Å². The second-order valence-corrected chi connectivity index (χ2v) is 3.69. The van der Waals surface area contributed by atoms with Gasteiger partial charge in [0.05, 0.1) is 24.3 Å². The SMILES string of the molecule is CC(=O)c1cc(C2(C)COC2)no1. The summed E-state index contributed by atoms with van der Waals surface area (Å²) in [5.41, 5.74) is 0.751. The summed E-state index contributed by atoms with van der Waals surface area (Å²) >= 11 is 0. The lowest BCUT2D eigenvalue weighted by molar-refractivity contribution is -0.0532.